The SMILES string of the molecule is O=S(=O)(Oc1ccc(CC2C[NH+]([O-])CCO2)cc1)C(F)(F)C(F)(F)C(F)(F)C(F)(F)F. The molecular formula is C15H14F9NO5S. The highest BCUT2D eigenvalue weighted by molar-refractivity contribution is 7.88. The van der Waals surface area contributed by atoms with Gasteiger partial charge in [0.2, 0.25) is 0 Å². The van der Waals surface area contributed by atoms with Crippen molar-refractivity contribution in [2.45, 2.75) is 35.8 Å². The van der Waals surface area contributed by atoms with Gasteiger partial charge in [-0.2, -0.15) is 47.9 Å². The van der Waals surface area contributed by atoms with Crippen LogP contribution in [0.4, 0.5) is 39.5 Å². The highest BCUT2D eigenvalue weighted by Gasteiger charge is 2.86. The van der Waals surface area contributed by atoms with Crippen molar-refractivity contribution in [3.8, 4) is 5.75 Å². The van der Waals surface area contributed by atoms with Crippen molar-refractivity contribution in [2.24, 2.45) is 0 Å². The van der Waals surface area contributed by atoms with Gasteiger partial charge >= 0.3 is 33.4 Å². The third-order valence-corrected chi connectivity index (χ3v) is 5.51. The molecule has 0 saturated carbocycles. The first kappa shape index (κ1) is 25.5. The lowest BCUT2D eigenvalue weighted by Gasteiger charge is -2.32. The predicted molar refractivity (Wildman–Crippen MR) is 84.4 cm³/mol. The molecule has 6 nitrogen and oxygen atoms in total. The molecule has 2 unspecified atom stereocenters. The molecule has 1 aromatic carbocycles. The Bertz CT molecular complexity index is 874. The van der Waals surface area contributed by atoms with Gasteiger partial charge < -0.3 is 19.2 Å². The summed E-state index contributed by atoms with van der Waals surface area (Å²) in [4.78, 5) is 0. The fourth-order valence-electron chi connectivity index (χ4n) is 2.53. The zero-order valence-electron chi connectivity index (χ0n) is 15.1. The minimum absolute atomic E-state index is 0.0684. The van der Waals surface area contributed by atoms with E-state index in [0.717, 1.165) is 12.1 Å². The number of morpholine rings is 1. The van der Waals surface area contributed by atoms with E-state index in [2.05, 4.69) is 4.18 Å². The smallest absolute Gasteiger partial charge is 0.460 e. The average Bonchev–Trinajstić information content (AvgIpc) is 2.61. The first-order valence-corrected chi connectivity index (χ1v) is 9.69. The summed E-state index contributed by atoms with van der Waals surface area (Å²) < 4.78 is 148. The van der Waals surface area contributed by atoms with Gasteiger partial charge in [-0.3, -0.25) is 0 Å². The number of hydroxylamine groups is 2. The summed E-state index contributed by atoms with van der Waals surface area (Å²) in [5.74, 6) is -15.8. The van der Waals surface area contributed by atoms with Gasteiger partial charge in [-0.15, -0.1) is 0 Å². The summed E-state index contributed by atoms with van der Waals surface area (Å²) in [5.41, 5.74) is 0.380. The minimum atomic E-state index is -7.37. The second kappa shape index (κ2) is 8.29. The van der Waals surface area contributed by atoms with Crippen LogP contribution in [0, 0.1) is 5.21 Å². The fourth-order valence-corrected chi connectivity index (χ4v) is 3.44. The number of quaternary nitrogens is 1. The van der Waals surface area contributed by atoms with Crippen molar-refractivity contribution < 1.29 is 61.9 Å². The predicted octanol–water partition coefficient (Wildman–Crippen LogP) is 2.14. The van der Waals surface area contributed by atoms with Crippen LogP contribution in [0.2, 0.25) is 0 Å². The molecule has 1 aliphatic rings. The number of ether oxygens (including phenoxy) is 1. The summed E-state index contributed by atoms with van der Waals surface area (Å²) >= 11 is 0. The Morgan fingerprint density at radius 2 is 1.55 bits per heavy atom. The molecule has 2 atom stereocenters. The van der Waals surface area contributed by atoms with Gasteiger partial charge in [0.1, 0.15) is 24.9 Å². The molecular weight excluding hydrogens is 477 g/mol. The Hall–Kier alpha value is -1.78. The molecule has 2 rings (SSSR count). The van der Waals surface area contributed by atoms with Crippen LogP contribution in [0.5, 0.6) is 5.75 Å². The first-order valence-electron chi connectivity index (χ1n) is 8.29. The number of halogens is 9. The number of hydrogen-bond acceptors (Lipinski definition) is 5. The van der Waals surface area contributed by atoms with Crippen LogP contribution in [0.1, 0.15) is 5.56 Å². The van der Waals surface area contributed by atoms with E-state index < -0.39 is 45.2 Å². The maximum atomic E-state index is 13.6. The lowest BCUT2D eigenvalue weighted by Crippen LogP contribution is -3.10. The van der Waals surface area contributed by atoms with Crippen LogP contribution >= 0.6 is 0 Å². The number of nitrogens with one attached hydrogen (secondary N) is 1. The van der Waals surface area contributed by atoms with Gasteiger partial charge in [-0.25, -0.2) is 0 Å². The quantitative estimate of drug-likeness (QED) is 0.359. The molecule has 0 spiro atoms. The third kappa shape index (κ3) is 4.85. The number of alkyl halides is 9. The maximum absolute atomic E-state index is 13.6. The van der Waals surface area contributed by atoms with Gasteiger partial charge in [0.05, 0.1) is 6.61 Å². The standard InChI is InChI=1S/C15H14F9NO5S/c16-12(17,14(20,21)22)13(18,19)15(23,24)31(27,28)30-10-3-1-9(2-4-10)7-11-8-25(26)5-6-29-11/h1-4,11,25H,5-8H2. The van der Waals surface area contributed by atoms with Crippen molar-refractivity contribution in [1.29, 1.82) is 0 Å². The molecule has 1 aliphatic heterocycles. The molecule has 16 heteroatoms. The zero-order valence-corrected chi connectivity index (χ0v) is 15.9. The molecule has 0 amide bonds. The van der Waals surface area contributed by atoms with E-state index in [4.69, 9.17) is 4.74 Å². The summed E-state index contributed by atoms with van der Waals surface area (Å²) in [6, 6.07) is 3.53. The van der Waals surface area contributed by atoms with Gasteiger partial charge in [0.25, 0.3) is 0 Å². The summed E-state index contributed by atoms with van der Waals surface area (Å²) in [7, 11) is -6.99. The Labute approximate surface area is 169 Å². The molecule has 0 aliphatic carbocycles. The number of rotatable bonds is 7. The first-order chi connectivity index (χ1) is 13.9. The summed E-state index contributed by atoms with van der Waals surface area (Å²) in [5, 5.41) is 4.35. The average molecular weight is 491 g/mol. The fraction of sp³-hybridized carbons (Fsp3) is 0.600. The lowest BCUT2D eigenvalue weighted by atomic mass is 10.1. The number of benzene rings is 1. The van der Waals surface area contributed by atoms with E-state index in [1.54, 1.807) is 0 Å². The molecule has 1 N–H and O–H groups in total. The van der Waals surface area contributed by atoms with Crippen LogP contribution < -0.4 is 9.25 Å². The van der Waals surface area contributed by atoms with E-state index in [0.29, 0.717) is 17.7 Å². The minimum Gasteiger partial charge on any atom is -0.634 e. The molecule has 0 aromatic heterocycles. The second-order valence-corrected chi connectivity index (χ2v) is 8.12. The third-order valence-electron chi connectivity index (χ3n) is 4.21. The monoisotopic (exact) mass is 491 g/mol. The van der Waals surface area contributed by atoms with E-state index in [-0.39, 0.29) is 31.2 Å². The highest BCUT2D eigenvalue weighted by Crippen LogP contribution is 2.54. The Morgan fingerprint density at radius 3 is 2.03 bits per heavy atom. The summed E-state index contributed by atoms with van der Waals surface area (Å²) in [6.45, 7) is 0.490. The molecule has 1 fully saturated rings. The molecule has 1 saturated heterocycles. The number of hydrogen-bond donors (Lipinski definition) is 1. The van der Waals surface area contributed by atoms with Gasteiger partial charge in [0, 0.05) is 6.42 Å². The van der Waals surface area contributed by atoms with Crippen LogP contribution in [0.25, 0.3) is 0 Å². The second-order valence-electron chi connectivity index (χ2n) is 6.53. The molecule has 31 heavy (non-hydrogen) atoms. The normalized spacial score (nSPS) is 21.7. The van der Waals surface area contributed by atoms with Crippen molar-refractivity contribution in [3.63, 3.8) is 0 Å². The van der Waals surface area contributed by atoms with Crippen LogP contribution in [0.3, 0.4) is 0 Å². The van der Waals surface area contributed by atoms with E-state index in [9.17, 15) is 53.1 Å². The van der Waals surface area contributed by atoms with Gasteiger partial charge in [0.15, 0.2) is 0 Å². The van der Waals surface area contributed by atoms with E-state index in [1.165, 1.54) is 0 Å². The summed E-state index contributed by atoms with van der Waals surface area (Å²) in [6.07, 6.45) is -7.56. The molecule has 1 aromatic rings. The van der Waals surface area contributed by atoms with Crippen molar-refractivity contribution >= 4 is 10.1 Å². The van der Waals surface area contributed by atoms with Crippen molar-refractivity contribution in [3.05, 3.63) is 35.0 Å². The van der Waals surface area contributed by atoms with E-state index >= 15 is 0 Å². The topological polar surface area (TPSA) is 80.1 Å². The van der Waals surface area contributed by atoms with Crippen LogP contribution in [0.15, 0.2) is 24.3 Å². The van der Waals surface area contributed by atoms with E-state index in [1.807, 2.05) is 0 Å². The van der Waals surface area contributed by atoms with Crippen molar-refractivity contribution in [2.75, 3.05) is 19.7 Å². The molecule has 0 radical (unpaired) electrons. The Balaban J connectivity index is 2.19. The maximum Gasteiger partial charge on any atom is 0.460 e. The molecule has 1 heterocycles. The Kier molecular flexibility index (Phi) is 6.81. The molecule has 178 valence electrons. The van der Waals surface area contributed by atoms with Crippen LogP contribution in [-0.4, -0.2) is 57.5 Å². The highest BCUT2D eigenvalue weighted by atomic mass is 32.2. The van der Waals surface area contributed by atoms with Crippen molar-refractivity contribution in [1.82, 2.24) is 0 Å². The molecule has 0 bridgehead atoms. The zero-order chi connectivity index (χ0) is 23.9. The largest absolute Gasteiger partial charge is 0.634 e. The van der Waals surface area contributed by atoms with Crippen LogP contribution in [-0.2, 0) is 21.3 Å². The van der Waals surface area contributed by atoms with Gasteiger partial charge in [-0.1, -0.05) is 12.1 Å². The Morgan fingerprint density at radius 1 is 1.00 bits per heavy atom. The van der Waals surface area contributed by atoms with Gasteiger partial charge in [-0.05, 0) is 17.7 Å². The lowest BCUT2D eigenvalue weighted by molar-refractivity contribution is -0.861.